The van der Waals surface area contributed by atoms with Crippen molar-refractivity contribution in [3.8, 4) is 0 Å². The number of hydrogen-bond donors (Lipinski definition) is 1. The molecule has 0 saturated heterocycles. The lowest BCUT2D eigenvalue weighted by molar-refractivity contribution is -0.132. The molecule has 3 nitrogen and oxygen atoms in total. The topological polar surface area (TPSA) is 46.5 Å². The van der Waals surface area contributed by atoms with Crippen LogP contribution >= 0.6 is 0 Å². The maximum Gasteiger partial charge on any atom is 0.330 e. The molecule has 0 amide bonds. The van der Waals surface area contributed by atoms with Crippen molar-refractivity contribution in [2.24, 2.45) is 5.92 Å². The Morgan fingerprint density at radius 1 is 1.50 bits per heavy atom. The van der Waals surface area contributed by atoms with Crippen molar-refractivity contribution < 1.29 is 14.6 Å². The highest BCUT2D eigenvalue weighted by molar-refractivity contribution is 5.85. The van der Waals surface area contributed by atoms with Crippen LogP contribution in [0.25, 0.3) is 0 Å². The summed E-state index contributed by atoms with van der Waals surface area (Å²) in [7, 11) is 0. The van der Waals surface area contributed by atoms with E-state index in [0.717, 1.165) is 19.3 Å². The summed E-state index contributed by atoms with van der Waals surface area (Å²) in [5, 5.41) is 8.77. The molecule has 16 heavy (non-hydrogen) atoms. The van der Waals surface area contributed by atoms with Crippen LogP contribution in [0.3, 0.4) is 0 Å². The van der Waals surface area contributed by atoms with Gasteiger partial charge in [-0.3, -0.25) is 0 Å². The monoisotopic (exact) mass is 224 g/mol. The third-order valence-corrected chi connectivity index (χ3v) is 3.17. The average molecular weight is 224 g/mol. The van der Waals surface area contributed by atoms with Gasteiger partial charge in [-0.15, -0.1) is 0 Å². The highest BCUT2D eigenvalue weighted by atomic mass is 16.5. The molecule has 0 aromatic carbocycles. The van der Waals surface area contributed by atoms with E-state index in [2.05, 4.69) is 6.58 Å². The molecule has 0 aromatic rings. The minimum absolute atomic E-state index is 0.212. The van der Waals surface area contributed by atoms with Gasteiger partial charge in [0.1, 0.15) is 6.10 Å². The zero-order valence-corrected chi connectivity index (χ0v) is 9.82. The molecule has 0 heterocycles. The first-order valence-corrected chi connectivity index (χ1v) is 5.81. The van der Waals surface area contributed by atoms with E-state index in [4.69, 9.17) is 9.84 Å². The number of ether oxygens (including phenoxy) is 1. The molecule has 90 valence electrons. The van der Waals surface area contributed by atoms with Crippen LogP contribution in [0, 0.1) is 5.92 Å². The van der Waals surface area contributed by atoms with Gasteiger partial charge in [0, 0.05) is 5.57 Å². The third-order valence-electron chi connectivity index (χ3n) is 3.17. The Morgan fingerprint density at radius 3 is 2.81 bits per heavy atom. The smallest absolute Gasteiger partial charge is 0.330 e. The Balaban J connectivity index is 2.52. The lowest BCUT2D eigenvalue weighted by Gasteiger charge is -2.30. The SMILES string of the molecule is C=COC1CCCCC1CC=C(C)C(=O)O. The van der Waals surface area contributed by atoms with Crippen molar-refractivity contribution in [2.75, 3.05) is 0 Å². The van der Waals surface area contributed by atoms with E-state index < -0.39 is 5.97 Å². The van der Waals surface area contributed by atoms with E-state index in [1.807, 2.05) is 0 Å². The minimum atomic E-state index is -0.836. The van der Waals surface area contributed by atoms with E-state index >= 15 is 0 Å². The first-order valence-electron chi connectivity index (χ1n) is 5.81. The molecule has 0 aliphatic heterocycles. The van der Waals surface area contributed by atoms with Crippen LogP contribution < -0.4 is 0 Å². The van der Waals surface area contributed by atoms with Crippen LogP contribution in [0.2, 0.25) is 0 Å². The number of carbonyl (C=O) groups is 1. The van der Waals surface area contributed by atoms with Gasteiger partial charge in [-0.05, 0) is 38.5 Å². The van der Waals surface area contributed by atoms with Crippen molar-refractivity contribution >= 4 is 5.97 Å². The van der Waals surface area contributed by atoms with Gasteiger partial charge in [-0.25, -0.2) is 4.79 Å². The number of rotatable bonds is 5. The number of aliphatic carboxylic acids is 1. The first kappa shape index (κ1) is 12.8. The Hall–Kier alpha value is -1.25. The van der Waals surface area contributed by atoms with Gasteiger partial charge in [-0.1, -0.05) is 19.1 Å². The second kappa shape index (κ2) is 6.36. The van der Waals surface area contributed by atoms with E-state index in [0.29, 0.717) is 11.5 Å². The van der Waals surface area contributed by atoms with Crippen LogP contribution in [0.4, 0.5) is 0 Å². The lowest BCUT2D eigenvalue weighted by atomic mass is 9.84. The van der Waals surface area contributed by atoms with Gasteiger partial charge >= 0.3 is 5.97 Å². The summed E-state index contributed by atoms with van der Waals surface area (Å²) in [5.41, 5.74) is 0.419. The normalized spacial score (nSPS) is 26.2. The molecule has 0 bridgehead atoms. The van der Waals surface area contributed by atoms with Gasteiger partial charge < -0.3 is 9.84 Å². The fourth-order valence-corrected chi connectivity index (χ4v) is 2.16. The average Bonchev–Trinajstić information content (AvgIpc) is 2.27. The molecule has 1 rings (SSSR count). The molecule has 1 N–H and O–H groups in total. The van der Waals surface area contributed by atoms with Crippen molar-refractivity contribution in [1.29, 1.82) is 0 Å². The van der Waals surface area contributed by atoms with E-state index in [9.17, 15) is 4.79 Å². The molecule has 1 fully saturated rings. The first-order chi connectivity index (χ1) is 7.65. The predicted octanol–water partition coefficient (Wildman–Crippen LogP) is 3.13. The zero-order chi connectivity index (χ0) is 12.0. The molecule has 0 aromatic heterocycles. The van der Waals surface area contributed by atoms with Crippen LogP contribution in [-0.2, 0) is 9.53 Å². The highest BCUT2D eigenvalue weighted by Gasteiger charge is 2.24. The quantitative estimate of drug-likeness (QED) is 0.576. The van der Waals surface area contributed by atoms with Crippen molar-refractivity contribution in [3.05, 3.63) is 24.5 Å². The number of allylic oxidation sites excluding steroid dienone is 1. The van der Waals surface area contributed by atoms with Gasteiger partial charge in [0.2, 0.25) is 0 Å². The molecule has 2 unspecified atom stereocenters. The second-order valence-corrected chi connectivity index (χ2v) is 4.31. The summed E-state index contributed by atoms with van der Waals surface area (Å²) < 4.78 is 5.48. The number of hydrogen-bond acceptors (Lipinski definition) is 2. The predicted molar refractivity (Wildman–Crippen MR) is 63.0 cm³/mol. The van der Waals surface area contributed by atoms with Crippen LogP contribution in [0.1, 0.15) is 39.0 Å². The fraction of sp³-hybridized carbons (Fsp3) is 0.615. The van der Waals surface area contributed by atoms with E-state index in [1.165, 1.54) is 19.1 Å². The number of carboxylic acid groups (broad SMARTS) is 1. The molecule has 0 radical (unpaired) electrons. The Bertz CT molecular complexity index is 281. The van der Waals surface area contributed by atoms with Crippen LogP contribution in [-0.4, -0.2) is 17.2 Å². The Kier molecular flexibility index (Phi) is 5.09. The molecule has 0 spiro atoms. The molecular weight excluding hydrogens is 204 g/mol. The maximum absolute atomic E-state index is 10.7. The molecule has 1 saturated carbocycles. The second-order valence-electron chi connectivity index (χ2n) is 4.31. The summed E-state index contributed by atoms with van der Waals surface area (Å²) in [4.78, 5) is 10.7. The largest absolute Gasteiger partial charge is 0.498 e. The summed E-state index contributed by atoms with van der Waals surface area (Å²) in [6, 6.07) is 0. The Morgan fingerprint density at radius 2 is 2.19 bits per heavy atom. The summed E-state index contributed by atoms with van der Waals surface area (Å²) in [6.45, 7) is 5.21. The fourth-order valence-electron chi connectivity index (χ4n) is 2.16. The van der Waals surface area contributed by atoms with Gasteiger partial charge in [0.05, 0.1) is 6.26 Å². The van der Waals surface area contributed by atoms with Crippen LogP contribution in [0.5, 0.6) is 0 Å². The third kappa shape index (κ3) is 3.72. The molecule has 2 atom stereocenters. The van der Waals surface area contributed by atoms with Crippen LogP contribution in [0.15, 0.2) is 24.5 Å². The molecule has 1 aliphatic rings. The van der Waals surface area contributed by atoms with Gasteiger partial charge in [0.15, 0.2) is 0 Å². The standard InChI is InChI=1S/C13H20O3/c1-3-16-12-7-5-4-6-11(12)9-8-10(2)13(14)15/h3,8,11-12H,1,4-7,9H2,2H3,(H,14,15). The molecule has 3 heteroatoms. The molecule has 1 aliphatic carbocycles. The number of carboxylic acids is 1. The van der Waals surface area contributed by atoms with Gasteiger partial charge in [-0.2, -0.15) is 0 Å². The Labute approximate surface area is 96.8 Å². The molecular formula is C13H20O3. The van der Waals surface area contributed by atoms with Crippen molar-refractivity contribution in [3.63, 3.8) is 0 Å². The summed E-state index contributed by atoms with van der Waals surface area (Å²) in [5.74, 6) is -0.405. The van der Waals surface area contributed by atoms with Gasteiger partial charge in [0.25, 0.3) is 0 Å². The summed E-state index contributed by atoms with van der Waals surface area (Å²) >= 11 is 0. The van der Waals surface area contributed by atoms with Crippen molar-refractivity contribution in [1.82, 2.24) is 0 Å². The minimum Gasteiger partial charge on any atom is -0.498 e. The maximum atomic E-state index is 10.7. The lowest BCUT2D eigenvalue weighted by Crippen LogP contribution is -2.25. The van der Waals surface area contributed by atoms with E-state index in [1.54, 1.807) is 13.0 Å². The van der Waals surface area contributed by atoms with E-state index in [-0.39, 0.29) is 6.10 Å². The highest BCUT2D eigenvalue weighted by Crippen LogP contribution is 2.30. The van der Waals surface area contributed by atoms with Crippen molar-refractivity contribution in [2.45, 2.75) is 45.1 Å². The summed E-state index contributed by atoms with van der Waals surface area (Å²) in [6.07, 6.45) is 8.87. The zero-order valence-electron chi connectivity index (χ0n) is 9.82.